The smallest absolute Gasteiger partial charge is 0.212 e. The van der Waals surface area contributed by atoms with Crippen LogP contribution in [0.3, 0.4) is 0 Å². The summed E-state index contributed by atoms with van der Waals surface area (Å²) in [5.41, 5.74) is 8.44. The highest BCUT2D eigenvalue weighted by atomic mass is 16.5. The predicted molar refractivity (Wildman–Crippen MR) is 83.6 cm³/mol. The number of aromatic nitrogens is 1. The van der Waals surface area contributed by atoms with Gasteiger partial charge in [0.25, 0.3) is 0 Å². The largest absolute Gasteiger partial charge is 0.493 e. The maximum Gasteiger partial charge on any atom is 0.212 e. The Morgan fingerprint density at radius 3 is 2.67 bits per heavy atom. The fourth-order valence-corrected chi connectivity index (χ4v) is 2.15. The number of benzene rings is 1. The van der Waals surface area contributed by atoms with Gasteiger partial charge in [-0.15, -0.1) is 0 Å². The van der Waals surface area contributed by atoms with E-state index >= 15 is 0 Å². The number of hydrogen-bond acceptors (Lipinski definition) is 4. The minimum atomic E-state index is -0.117. The lowest BCUT2D eigenvalue weighted by molar-refractivity contribution is 0.312. The van der Waals surface area contributed by atoms with Crippen molar-refractivity contribution in [1.82, 2.24) is 4.98 Å². The molecule has 1 unspecified atom stereocenters. The van der Waals surface area contributed by atoms with E-state index in [9.17, 15) is 0 Å². The van der Waals surface area contributed by atoms with Crippen LogP contribution in [0, 0.1) is 0 Å². The second-order valence-corrected chi connectivity index (χ2v) is 4.91. The topological polar surface area (TPSA) is 57.4 Å². The number of nitrogens with two attached hydrogens (primary N) is 1. The number of para-hydroxylation sites is 1. The summed E-state index contributed by atoms with van der Waals surface area (Å²) in [6, 6.07) is 11.7. The van der Waals surface area contributed by atoms with Gasteiger partial charge < -0.3 is 15.2 Å². The summed E-state index contributed by atoms with van der Waals surface area (Å²) in [5, 5.41) is 0. The average Bonchev–Trinajstić information content (AvgIpc) is 2.54. The Balaban J connectivity index is 2.09. The van der Waals surface area contributed by atoms with Crippen LogP contribution in [0.4, 0.5) is 0 Å². The van der Waals surface area contributed by atoms with E-state index in [0.29, 0.717) is 18.9 Å². The van der Waals surface area contributed by atoms with Gasteiger partial charge >= 0.3 is 0 Å². The van der Waals surface area contributed by atoms with Crippen LogP contribution in [0.15, 0.2) is 42.6 Å². The van der Waals surface area contributed by atoms with Gasteiger partial charge in [0.2, 0.25) is 5.88 Å². The highest BCUT2D eigenvalue weighted by molar-refractivity contribution is 5.36. The second kappa shape index (κ2) is 7.64. The lowest BCUT2D eigenvalue weighted by Crippen LogP contribution is -2.15. The van der Waals surface area contributed by atoms with Crippen molar-refractivity contribution in [2.24, 2.45) is 5.73 Å². The van der Waals surface area contributed by atoms with Gasteiger partial charge in [-0.05, 0) is 24.5 Å². The molecular formula is C17H22N2O2. The van der Waals surface area contributed by atoms with Crippen molar-refractivity contribution in [2.75, 3.05) is 13.7 Å². The molecule has 1 heterocycles. The number of rotatable bonds is 7. The molecule has 21 heavy (non-hydrogen) atoms. The van der Waals surface area contributed by atoms with E-state index in [2.05, 4.69) is 11.9 Å². The maximum atomic E-state index is 6.33. The Kier molecular flexibility index (Phi) is 5.58. The van der Waals surface area contributed by atoms with Crippen molar-refractivity contribution >= 4 is 0 Å². The molecule has 1 atom stereocenters. The first-order valence-corrected chi connectivity index (χ1v) is 7.20. The molecule has 2 aromatic rings. The van der Waals surface area contributed by atoms with Gasteiger partial charge in [0.05, 0.1) is 13.7 Å². The quantitative estimate of drug-likeness (QED) is 0.849. The molecule has 1 aromatic heterocycles. The lowest BCUT2D eigenvalue weighted by atomic mass is 10.00. The first kappa shape index (κ1) is 15.3. The molecule has 0 bridgehead atoms. The number of pyridine rings is 1. The van der Waals surface area contributed by atoms with E-state index in [1.165, 1.54) is 0 Å². The standard InChI is InChI=1S/C17H22N2O2/c1-3-10-21-16-7-5-4-6-14(16)15(18)11-13-8-9-17(20-2)19-12-13/h4-9,12,15H,3,10-11,18H2,1-2H3. The van der Waals surface area contributed by atoms with Gasteiger partial charge in [-0.2, -0.15) is 0 Å². The van der Waals surface area contributed by atoms with Crippen molar-refractivity contribution < 1.29 is 9.47 Å². The Labute approximate surface area is 125 Å². The average molecular weight is 286 g/mol. The maximum absolute atomic E-state index is 6.33. The van der Waals surface area contributed by atoms with Crippen LogP contribution in [0.1, 0.15) is 30.5 Å². The molecule has 112 valence electrons. The van der Waals surface area contributed by atoms with Crippen molar-refractivity contribution in [1.29, 1.82) is 0 Å². The zero-order chi connectivity index (χ0) is 15.1. The second-order valence-electron chi connectivity index (χ2n) is 4.91. The highest BCUT2D eigenvalue weighted by Gasteiger charge is 2.12. The summed E-state index contributed by atoms with van der Waals surface area (Å²) >= 11 is 0. The molecule has 0 amide bonds. The van der Waals surface area contributed by atoms with Crippen LogP contribution >= 0.6 is 0 Å². The highest BCUT2D eigenvalue weighted by Crippen LogP contribution is 2.26. The Bertz CT molecular complexity index is 555. The van der Waals surface area contributed by atoms with E-state index in [0.717, 1.165) is 23.3 Å². The molecule has 0 aliphatic rings. The van der Waals surface area contributed by atoms with Gasteiger partial charge in [-0.3, -0.25) is 0 Å². The first-order chi connectivity index (χ1) is 10.2. The Morgan fingerprint density at radius 1 is 1.19 bits per heavy atom. The lowest BCUT2D eigenvalue weighted by Gasteiger charge is -2.17. The third-order valence-corrected chi connectivity index (χ3v) is 3.24. The monoisotopic (exact) mass is 286 g/mol. The van der Waals surface area contributed by atoms with Crippen LogP contribution in [-0.2, 0) is 6.42 Å². The third-order valence-electron chi connectivity index (χ3n) is 3.24. The van der Waals surface area contributed by atoms with E-state index in [1.54, 1.807) is 13.3 Å². The van der Waals surface area contributed by atoms with Crippen LogP contribution in [-0.4, -0.2) is 18.7 Å². The number of ether oxygens (including phenoxy) is 2. The van der Waals surface area contributed by atoms with Gasteiger partial charge in [-0.25, -0.2) is 4.98 Å². The van der Waals surface area contributed by atoms with Gasteiger partial charge in [0, 0.05) is 23.9 Å². The third kappa shape index (κ3) is 4.20. The van der Waals surface area contributed by atoms with Gasteiger partial charge in [0.1, 0.15) is 5.75 Å². The summed E-state index contributed by atoms with van der Waals surface area (Å²) in [7, 11) is 1.61. The molecule has 0 saturated carbocycles. The Morgan fingerprint density at radius 2 is 2.00 bits per heavy atom. The molecular weight excluding hydrogens is 264 g/mol. The molecule has 4 nitrogen and oxygen atoms in total. The van der Waals surface area contributed by atoms with E-state index in [-0.39, 0.29) is 6.04 Å². The fourth-order valence-electron chi connectivity index (χ4n) is 2.15. The zero-order valence-electron chi connectivity index (χ0n) is 12.6. The molecule has 4 heteroatoms. The molecule has 2 rings (SSSR count). The number of methoxy groups -OCH3 is 1. The van der Waals surface area contributed by atoms with Crippen LogP contribution in [0.5, 0.6) is 11.6 Å². The van der Waals surface area contributed by atoms with Crippen molar-refractivity contribution in [3.63, 3.8) is 0 Å². The SMILES string of the molecule is CCCOc1ccccc1C(N)Cc1ccc(OC)nc1. The summed E-state index contributed by atoms with van der Waals surface area (Å²) in [5.74, 6) is 1.48. The van der Waals surface area contributed by atoms with Crippen molar-refractivity contribution in [3.05, 3.63) is 53.7 Å². The summed E-state index contributed by atoms with van der Waals surface area (Å²) in [6.45, 7) is 2.79. The van der Waals surface area contributed by atoms with E-state index in [1.807, 2.05) is 36.4 Å². The number of hydrogen-bond donors (Lipinski definition) is 1. The van der Waals surface area contributed by atoms with E-state index < -0.39 is 0 Å². The molecule has 2 N–H and O–H groups in total. The normalized spacial score (nSPS) is 12.0. The van der Waals surface area contributed by atoms with Gasteiger partial charge in [0.15, 0.2) is 0 Å². The number of nitrogens with zero attached hydrogens (tertiary/aromatic N) is 1. The molecule has 0 radical (unpaired) electrons. The molecule has 0 aliphatic heterocycles. The predicted octanol–water partition coefficient (Wildman–Crippen LogP) is 3.12. The van der Waals surface area contributed by atoms with Crippen LogP contribution in [0.2, 0.25) is 0 Å². The fraction of sp³-hybridized carbons (Fsp3) is 0.353. The van der Waals surface area contributed by atoms with E-state index in [4.69, 9.17) is 15.2 Å². The summed E-state index contributed by atoms with van der Waals surface area (Å²) < 4.78 is 10.8. The minimum absolute atomic E-state index is 0.117. The van der Waals surface area contributed by atoms with Crippen molar-refractivity contribution in [3.8, 4) is 11.6 Å². The molecule has 0 spiro atoms. The van der Waals surface area contributed by atoms with Crippen molar-refractivity contribution in [2.45, 2.75) is 25.8 Å². The molecule has 1 aromatic carbocycles. The minimum Gasteiger partial charge on any atom is -0.493 e. The molecule has 0 saturated heterocycles. The van der Waals surface area contributed by atoms with Crippen LogP contribution in [0.25, 0.3) is 0 Å². The zero-order valence-corrected chi connectivity index (χ0v) is 12.6. The Hall–Kier alpha value is -2.07. The van der Waals surface area contributed by atoms with Gasteiger partial charge in [-0.1, -0.05) is 31.2 Å². The molecule has 0 fully saturated rings. The molecule has 0 aliphatic carbocycles. The summed E-state index contributed by atoms with van der Waals surface area (Å²) in [6.07, 6.45) is 3.49. The summed E-state index contributed by atoms with van der Waals surface area (Å²) in [4.78, 5) is 4.21. The van der Waals surface area contributed by atoms with Crippen LogP contribution < -0.4 is 15.2 Å². The first-order valence-electron chi connectivity index (χ1n) is 7.20.